The number of ether oxygens (including phenoxy) is 1. The van der Waals surface area contributed by atoms with Gasteiger partial charge in [-0.1, -0.05) is 11.8 Å². The molecule has 0 saturated carbocycles. The predicted octanol–water partition coefficient (Wildman–Crippen LogP) is 2.62. The van der Waals surface area contributed by atoms with Crippen molar-refractivity contribution in [3.63, 3.8) is 0 Å². The van der Waals surface area contributed by atoms with Crippen molar-refractivity contribution in [1.82, 2.24) is 4.98 Å². The van der Waals surface area contributed by atoms with Gasteiger partial charge in [-0.25, -0.2) is 4.98 Å². The van der Waals surface area contributed by atoms with Crippen molar-refractivity contribution in [2.45, 2.75) is 24.3 Å². The molecule has 2 N–H and O–H groups in total. The van der Waals surface area contributed by atoms with Crippen LogP contribution in [0.15, 0.2) is 21.7 Å². The van der Waals surface area contributed by atoms with Gasteiger partial charge in [0.1, 0.15) is 5.44 Å². The van der Waals surface area contributed by atoms with E-state index in [4.69, 9.17) is 10.5 Å². The van der Waals surface area contributed by atoms with Crippen molar-refractivity contribution >= 4 is 32.9 Å². The number of pyridine rings is 1. The summed E-state index contributed by atoms with van der Waals surface area (Å²) >= 11 is 4.63. The molecule has 0 amide bonds. The summed E-state index contributed by atoms with van der Waals surface area (Å²) in [6.45, 7) is 1.83. The second-order valence-electron chi connectivity index (χ2n) is 4.20. The summed E-state index contributed by atoms with van der Waals surface area (Å²) in [5.41, 5.74) is 5.31. The number of aromatic nitrogens is 1. The Morgan fingerprint density at radius 1 is 1.67 bits per heavy atom. The van der Waals surface area contributed by atoms with Gasteiger partial charge in [0.2, 0.25) is 5.95 Å². The number of thioether (sulfide) groups is 1. The lowest BCUT2D eigenvalue weighted by molar-refractivity contribution is 0.142. The molecule has 4 nitrogen and oxygen atoms in total. The van der Waals surface area contributed by atoms with Crippen molar-refractivity contribution in [1.29, 1.82) is 0 Å². The molecule has 0 aliphatic carbocycles. The highest BCUT2D eigenvalue weighted by molar-refractivity contribution is 9.10. The van der Waals surface area contributed by atoms with Gasteiger partial charge in [0.15, 0.2) is 5.17 Å². The lowest BCUT2D eigenvalue weighted by Gasteiger charge is -2.33. The van der Waals surface area contributed by atoms with E-state index in [2.05, 4.69) is 25.9 Å². The minimum absolute atomic E-state index is 0.133. The highest BCUT2D eigenvalue weighted by Gasteiger charge is 2.37. The third-order valence-electron chi connectivity index (χ3n) is 2.82. The van der Waals surface area contributed by atoms with E-state index in [1.54, 1.807) is 13.2 Å². The molecule has 98 valence electrons. The van der Waals surface area contributed by atoms with Crippen LogP contribution < -0.4 is 5.73 Å². The zero-order valence-electron chi connectivity index (χ0n) is 9.98. The van der Waals surface area contributed by atoms with E-state index in [9.17, 15) is 4.39 Å². The third-order valence-corrected chi connectivity index (χ3v) is 4.21. The summed E-state index contributed by atoms with van der Waals surface area (Å²) in [6, 6.07) is 1.68. The van der Waals surface area contributed by atoms with E-state index in [0.717, 1.165) is 0 Å². The highest BCUT2D eigenvalue weighted by atomic mass is 79.9. The molecular formula is C11H13BrFN3OS. The Morgan fingerprint density at radius 2 is 2.39 bits per heavy atom. The number of hydrogen-bond donors (Lipinski definition) is 1. The monoisotopic (exact) mass is 333 g/mol. The largest absolute Gasteiger partial charge is 0.378 e. The molecule has 0 radical (unpaired) electrons. The van der Waals surface area contributed by atoms with Crippen LogP contribution in [0.1, 0.15) is 18.9 Å². The average molecular weight is 334 g/mol. The Morgan fingerprint density at radius 3 is 3.06 bits per heavy atom. The lowest BCUT2D eigenvalue weighted by Crippen LogP contribution is -2.35. The molecule has 1 aliphatic rings. The molecule has 0 bridgehead atoms. The number of nitrogens with zero attached hydrogens (tertiary/aromatic N) is 2. The maximum Gasteiger partial charge on any atom is 0.218 e. The van der Waals surface area contributed by atoms with E-state index in [1.807, 2.05) is 6.92 Å². The zero-order valence-corrected chi connectivity index (χ0v) is 12.4. The Balaban J connectivity index is 2.47. The van der Waals surface area contributed by atoms with Gasteiger partial charge in [-0.3, -0.25) is 4.99 Å². The van der Waals surface area contributed by atoms with Gasteiger partial charge in [-0.15, -0.1) is 0 Å². The minimum atomic E-state index is -0.753. The predicted molar refractivity (Wildman–Crippen MR) is 73.9 cm³/mol. The van der Waals surface area contributed by atoms with Crippen LogP contribution in [0.4, 0.5) is 4.39 Å². The van der Waals surface area contributed by atoms with Crippen LogP contribution in [-0.4, -0.2) is 22.7 Å². The first-order chi connectivity index (χ1) is 8.44. The minimum Gasteiger partial charge on any atom is -0.378 e. The summed E-state index contributed by atoms with van der Waals surface area (Å²) in [5.74, 6) is -0.529. The standard InChI is InChI=1S/C11H13BrFN3OS/c1-11(4-8(17-2)18-10(14)16-11)7-3-6(12)5-15-9(7)13/h3,5,8H,4H2,1-2H3,(H2,14,16). The van der Waals surface area contributed by atoms with Gasteiger partial charge in [0, 0.05) is 29.8 Å². The molecule has 1 aromatic rings. The molecule has 0 fully saturated rings. The first-order valence-electron chi connectivity index (χ1n) is 5.31. The van der Waals surface area contributed by atoms with Crippen molar-refractivity contribution in [2.24, 2.45) is 10.7 Å². The topological polar surface area (TPSA) is 60.5 Å². The molecule has 0 aromatic carbocycles. The van der Waals surface area contributed by atoms with E-state index in [1.165, 1.54) is 18.0 Å². The van der Waals surface area contributed by atoms with Crippen LogP contribution in [0.25, 0.3) is 0 Å². The molecule has 0 saturated heterocycles. The van der Waals surface area contributed by atoms with Gasteiger partial charge >= 0.3 is 0 Å². The number of hydrogen-bond acceptors (Lipinski definition) is 5. The van der Waals surface area contributed by atoms with Crippen LogP contribution in [0, 0.1) is 5.95 Å². The molecule has 2 heterocycles. The summed E-state index contributed by atoms with van der Waals surface area (Å²) in [7, 11) is 1.60. The number of amidine groups is 1. The fourth-order valence-electron chi connectivity index (χ4n) is 1.92. The first-order valence-corrected chi connectivity index (χ1v) is 6.98. The van der Waals surface area contributed by atoms with Gasteiger partial charge in [-0.2, -0.15) is 4.39 Å². The van der Waals surface area contributed by atoms with E-state index < -0.39 is 11.5 Å². The van der Waals surface area contributed by atoms with Crippen LogP contribution in [-0.2, 0) is 10.3 Å². The van der Waals surface area contributed by atoms with E-state index in [-0.39, 0.29) is 5.44 Å². The van der Waals surface area contributed by atoms with Crippen LogP contribution in [0.3, 0.4) is 0 Å². The second kappa shape index (κ2) is 5.14. The van der Waals surface area contributed by atoms with E-state index in [0.29, 0.717) is 21.6 Å². The van der Waals surface area contributed by atoms with Crippen LogP contribution >= 0.6 is 27.7 Å². The lowest BCUT2D eigenvalue weighted by atomic mass is 9.90. The van der Waals surface area contributed by atoms with Gasteiger partial charge < -0.3 is 10.5 Å². The Bertz CT molecular complexity index is 499. The molecule has 2 unspecified atom stereocenters. The molecule has 18 heavy (non-hydrogen) atoms. The fraction of sp³-hybridized carbons (Fsp3) is 0.455. The summed E-state index contributed by atoms with van der Waals surface area (Å²) in [6.07, 6.45) is 1.96. The summed E-state index contributed by atoms with van der Waals surface area (Å²) in [4.78, 5) is 8.06. The number of halogens is 2. The Labute approximate surface area is 117 Å². The fourth-order valence-corrected chi connectivity index (χ4v) is 3.28. The molecule has 1 aromatic heterocycles. The molecule has 2 rings (SSSR count). The quantitative estimate of drug-likeness (QED) is 0.845. The second-order valence-corrected chi connectivity index (χ2v) is 6.30. The normalized spacial score (nSPS) is 28.0. The number of aliphatic imine (C=N–C) groups is 1. The van der Waals surface area contributed by atoms with Crippen LogP contribution in [0.5, 0.6) is 0 Å². The van der Waals surface area contributed by atoms with E-state index >= 15 is 0 Å². The zero-order chi connectivity index (χ0) is 13.3. The SMILES string of the molecule is COC1CC(C)(c2cc(Br)cnc2F)N=C(N)S1. The molecule has 1 aliphatic heterocycles. The van der Waals surface area contributed by atoms with Gasteiger partial charge in [0.25, 0.3) is 0 Å². The van der Waals surface area contributed by atoms with Crippen LogP contribution in [0.2, 0.25) is 0 Å². The van der Waals surface area contributed by atoms with Crippen molar-refractivity contribution in [2.75, 3.05) is 7.11 Å². The number of methoxy groups -OCH3 is 1. The summed E-state index contributed by atoms with van der Waals surface area (Å²) < 4.78 is 19.9. The molecule has 7 heteroatoms. The first kappa shape index (κ1) is 13.8. The van der Waals surface area contributed by atoms with Crippen molar-refractivity contribution in [3.05, 3.63) is 28.2 Å². The van der Waals surface area contributed by atoms with Gasteiger partial charge in [0.05, 0.1) is 5.54 Å². The average Bonchev–Trinajstić information content (AvgIpc) is 2.31. The maximum absolute atomic E-state index is 13.9. The maximum atomic E-state index is 13.9. The highest BCUT2D eigenvalue weighted by Crippen LogP contribution is 2.40. The van der Waals surface area contributed by atoms with Crippen molar-refractivity contribution < 1.29 is 9.13 Å². The summed E-state index contributed by atoms with van der Waals surface area (Å²) in [5, 5.41) is 0.398. The number of rotatable bonds is 2. The third kappa shape index (κ3) is 2.67. The molecule has 2 atom stereocenters. The molecular weight excluding hydrogens is 321 g/mol. The Kier molecular flexibility index (Phi) is 3.93. The Hall–Kier alpha value is -0.660. The van der Waals surface area contributed by atoms with Gasteiger partial charge in [-0.05, 0) is 28.9 Å². The smallest absolute Gasteiger partial charge is 0.218 e. The van der Waals surface area contributed by atoms with Crippen molar-refractivity contribution in [3.8, 4) is 0 Å². The number of nitrogens with two attached hydrogens (primary N) is 1. The molecule has 0 spiro atoms.